The third-order valence-electron chi connectivity index (χ3n) is 4.69. The van der Waals surface area contributed by atoms with Gasteiger partial charge in [-0.3, -0.25) is 4.98 Å². The van der Waals surface area contributed by atoms with E-state index in [4.69, 9.17) is 9.47 Å². The van der Waals surface area contributed by atoms with Gasteiger partial charge in [-0.1, -0.05) is 24.3 Å². The van der Waals surface area contributed by atoms with Crippen LogP contribution < -0.4 is 10.1 Å². The van der Waals surface area contributed by atoms with Crippen molar-refractivity contribution >= 4 is 46.6 Å². The average Bonchev–Trinajstić information content (AvgIpc) is 2.80. The molecular formula is C25H21ClN2O5. The Kier molecular flexibility index (Phi) is 7.48. The zero-order chi connectivity index (χ0) is 22.5. The van der Waals surface area contributed by atoms with Crippen molar-refractivity contribution in [3.05, 3.63) is 90.1 Å². The fraction of sp³-hybridized carbons (Fsp3) is 0.0800. The van der Waals surface area contributed by atoms with E-state index < -0.39 is 11.9 Å². The van der Waals surface area contributed by atoms with Crippen LogP contribution in [0, 0.1) is 0 Å². The first-order valence-corrected chi connectivity index (χ1v) is 9.98. The first-order chi connectivity index (χ1) is 15.5. The van der Waals surface area contributed by atoms with Crippen molar-refractivity contribution in [2.75, 3.05) is 11.9 Å². The molecule has 1 aromatic heterocycles. The molecule has 0 bridgehead atoms. The number of para-hydroxylation sites is 1. The second kappa shape index (κ2) is 10.5. The van der Waals surface area contributed by atoms with Gasteiger partial charge in [0.15, 0.2) is 0 Å². The van der Waals surface area contributed by atoms with Crippen molar-refractivity contribution < 1.29 is 24.2 Å². The third kappa shape index (κ3) is 5.39. The fourth-order valence-corrected chi connectivity index (χ4v) is 3.23. The van der Waals surface area contributed by atoms with Gasteiger partial charge >= 0.3 is 11.9 Å². The third-order valence-corrected chi connectivity index (χ3v) is 4.69. The Morgan fingerprint density at radius 2 is 1.76 bits per heavy atom. The summed E-state index contributed by atoms with van der Waals surface area (Å²) in [5.41, 5.74) is 1.96. The lowest BCUT2D eigenvalue weighted by molar-refractivity contribution is 0.0526. The highest BCUT2D eigenvalue weighted by molar-refractivity contribution is 6.06. The number of aromatic carboxylic acids is 1. The summed E-state index contributed by atoms with van der Waals surface area (Å²) in [5.74, 6) is -0.343. The number of rotatable bonds is 7. The summed E-state index contributed by atoms with van der Waals surface area (Å²) in [5, 5.41) is 13.1. The fourth-order valence-electron chi connectivity index (χ4n) is 3.23. The molecular weight excluding hydrogens is 444 g/mol. The van der Waals surface area contributed by atoms with E-state index in [1.165, 1.54) is 18.3 Å². The number of hydrogen-bond donors (Lipinski definition) is 2. The van der Waals surface area contributed by atoms with Gasteiger partial charge < -0.3 is 19.9 Å². The van der Waals surface area contributed by atoms with Crippen molar-refractivity contribution in [3.8, 4) is 11.5 Å². The molecule has 3 aromatic carbocycles. The number of ether oxygens (including phenoxy) is 2. The summed E-state index contributed by atoms with van der Waals surface area (Å²) in [6, 6.07) is 21.0. The molecule has 0 atom stereocenters. The first kappa shape index (κ1) is 23.6. The zero-order valence-corrected chi connectivity index (χ0v) is 18.5. The minimum absolute atomic E-state index is 0. The van der Waals surface area contributed by atoms with Crippen LogP contribution in [0.25, 0.3) is 10.9 Å². The van der Waals surface area contributed by atoms with Crippen LogP contribution in [0.5, 0.6) is 11.5 Å². The average molecular weight is 465 g/mol. The minimum Gasteiger partial charge on any atom is -0.478 e. The van der Waals surface area contributed by atoms with Crippen molar-refractivity contribution in [2.24, 2.45) is 0 Å². The van der Waals surface area contributed by atoms with Crippen molar-refractivity contribution in [1.82, 2.24) is 4.98 Å². The zero-order valence-electron chi connectivity index (χ0n) is 17.6. The number of carboxylic acid groups (broad SMARTS) is 1. The normalized spacial score (nSPS) is 10.2. The molecule has 1 heterocycles. The Bertz CT molecular complexity index is 1290. The molecule has 0 unspecified atom stereocenters. The number of aromatic nitrogens is 1. The number of esters is 1. The van der Waals surface area contributed by atoms with E-state index in [1.54, 1.807) is 37.3 Å². The van der Waals surface area contributed by atoms with E-state index in [-0.39, 0.29) is 30.1 Å². The maximum Gasteiger partial charge on any atom is 0.341 e. The van der Waals surface area contributed by atoms with Gasteiger partial charge in [-0.05, 0) is 55.5 Å². The van der Waals surface area contributed by atoms with Gasteiger partial charge in [0, 0.05) is 17.3 Å². The van der Waals surface area contributed by atoms with Crippen LogP contribution in [0.2, 0.25) is 0 Å². The highest BCUT2D eigenvalue weighted by Crippen LogP contribution is 2.33. The predicted octanol–water partition coefficient (Wildman–Crippen LogP) is 6.07. The number of fused-ring (bicyclic) bond motifs is 1. The molecule has 0 saturated heterocycles. The van der Waals surface area contributed by atoms with Crippen molar-refractivity contribution in [1.29, 1.82) is 0 Å². The number of carbonyl (C=O) groups is 2. The highest BCUT2D eigenvalue weighted by atomic mass is 35.5. The van der Waals surface area contributed by atoms with Gasteiger partial charge in [0.1, 0.15) is 17.1 Å². The quantitative estimate of drug-likeness (QED) is 0.320. The molecule has 0 radical (unpaired) electrons. The number of carboxylic acids is 1. The smallest absolute Gasteiger partial charge is 0.341 e. The Morgan fingerprint density at radius 3 is 2.48 bits per heavy atom. The number of nitrogens with one attached hydrogen (secondary N) is 1. The summed E-state index contributed by atoms with van der Waals surface area (Å²) in [6.45, 7) is 1.93. The molecule has 8 heteroatoms. The molecule has 4 aromatic rings. The molecule has 0 fully saturated rings. The number of nitrogens with zero attached hydrogens (tertiary/aromatic N) is 1. The molecule has 0 aliphatic carbocycles. The Hall–Kier alpha value is -4.10. The molecule has 0 saturated carbocycles. The summed E-state index contributed by atoms with van der Waals surface area (Å²) in [7, 11) is 0. The minimum atomic E-state index is -1.04. The molecule has 2 N–H and O–H groups in total. The van der Waals surface area contributed by atoms with Gasteiger partial charge in [-0.15, -0.1) is 12.4 Å². The predicted molar refractivity (Wildman–Crippen MR) is 128 cm³/mol. The van der Waals surface area contributed by atoms with Gasteiger partial charge in [0.25, 0.3) is 0 Å². The number of carbonyl (C=O) groups excluding carboxylic acids is 1. The lowest BCUT2D eigenvalue weighted by atomic mass is 10.1. The van der Waals surface area contributed by atoms with Gasteiger partial charge in [-0.2, -0.15) is 0 Å². The van der Waals surface area contributed by atoms with E-state index in [0.717, 1.165) is 0 Å². The van der Waals surface area contributed by atoms with Crippen LogP contribution >= 0.6 is 12.4 Å². The molecule has 0 amide bonds. The summed E-state index contributed by atoms with van der Waals surface area (Å²) >= 11 is 0. The summed E-state index contributed by atoms with van der Waals surface area (Å²) in [6.07, 6.45) is 1.45. The van der Waals surface area contributed by atoms with Crippen LogP contribution in [0.4, 0.5) is 11.4 Å². The Balaban J connectivity index is 0.00000306. The second-order valence-electron chi connectivity index (χ2n) is 6.87. The number of hydrogen-bond acceptors (Lipinski definition) is 6. The molecule has 0 spiro atoms. The lowest BCUT2D eigenvalue weighted by Gasteiger charge is -2.15. The van der Waals surface area contributed by atoms with Gasteiger partial charge in [0.2, 0.25) is 0 Å². The number of benzene rings is 3. The van der Waals surface area contributed by atoms with Gasteiger partial charge in [0.05, 0.1) is 23.4 Å². The molecule has 33 heavy (non-hydrogen) atoms. The van der Waals surface area contributed by atoms with Crippen LogP contribution in [-0.2, 0) is 4.74 Å². The van der Waals surface area contributed by atoms with E-state index in [0.29, 0.717) is 33.8 Å². The second-order valence-corrected chi connectivity index (χ2v) is 6.87. The van der Waals surface area contributed by atoms with E-state index in [9.17, 15) is 14.7 Å². The van der Waals surface area contributed by atoms with Crippen LogP contribution in [0.3, 0.4) is 0 Å². The molecule has 4 rings (SSSR count). The Morgan fingerprint density at radius 1 is 0.970 bits per heavy atom. The van der Waals surface area contributed by atoms with Crippen molar-refractivity contribution in [3.63, 3.8) is 0 Å². The van der Waals surface area contributed by atoms with Crippen LogP contribution in [-0.4, -0.2) is 28.6 Å². The maximum absolute atomic E-state index is 12.6. The molecule has 0 aliphatic heterocycles. The maximum atomic E-state index is 12.6. The largest absolute Gasteiger partial charge is 0.478 e. The highest BCUT2D eigenvalue weighted by Gasteiger charge is 2.18. The number of halogens is 1. The summed E-state index contributed by atoms with van der Waals surface area (Å²) in [4.78, 5) is 28.4. The molecule has 0 aliphatic rings. The number of anilines is 2. The topological polar surface area (TPSA) is 97.8 Å². The summed E-state index contributed by atoms with van der Waals surface area (Å²) < 4.78 is 11.1. The number of pyridine rings is 1. The standard InChI is InChI=1S/C25H20N2O5.ClH/c1-2-31-25(30)21-15-26-22-12-11-19(32-18-9-4-3-5-10-18)14-20(22)23(21)27-17-8-6-7-16(13-17)24(28)29;/h3-15H,2H2,1H3,(H,26,27)(H,28,29);1H. The van der Waals surface area contributed by atoms with E-state index >= 15 is 0 Å². The first-order valence-electron chi connectivity index (χ1n) is 9.98. The van der Waals surface area contributed by atoms with E-state index in [2.05, 4.69) is 10.3 Å². The van der Waals surface area contributed by atoms with Crippen LogP contribution in [0.15, 0.2) is 79.0 Å². The molecule has 168 valence electrons. The van der Waals surface area contributed by atoms with Crippen LogP contribution in [0.1, 0.15) is 27.6 Å². The van der Waals surface area contributed by atoms with Gasteiger partial charge in [-0.25, -0.2) is 9.59 Å². The lowest BCUT2D eigenvalue weighted by Crippen LogP contribution is -2.09. The van der Waals surface area contributed by atoms with Crippen molar-refractivity contribution in [2.45, 2.75) is 6.92 Å². The molecule has 7 nitrogen and oxygen atoms in total. The Labute approximate surface area is 196 Å². The SMILES string of the molecule is CCOC(=O)c1cnc2ccc(Oc3ccccc3)cc2c1Nc1cccc(C(=O)O)c1.Cl. The monoisotopic (exact) mass is 464 g/mol. The van der Waals surface area contributed by atoms with E-state index in [1.807, 2.05) is 30.3 Å².